The van der Waals surface area contributed by atoms with Gasteiger partial charge < -0.3 is 4.74 Å². The van der Waals surface area contributed by atoms with Crippen molar-refractivity contribution in [3.63, 3.8) is 0 Å². The number of ether oxygens (including phenoxy) is 1. The zero-order valence-electron chi connectivity index (χ0n) is 15.8. The van der Waals surface area contributed by atoms with Crippen molar-refractivity contribution in [1.82, 2.24) is 0 Å². The molecule has 1 nitrogen and oxygen atoms in total. The van der Waals surface area contributed by atoms with E-state index in [-0.39, 0.29) is 17.7 Å². The van der Waals surface area contributed by atoms with Crippen LogP contribution in [0.2, 0.25) is 0 Å². The summed E-state index contributed by atoms with van der Waals surface area (Å²) in [5, 5.41) is 0. The van der Waals surface area contributed by atoms with Crippen molar-refractivity contribution in [2.24, 2.45) is 0 Å². The minimum Gasteiger partial charge on any atom is -0.429 e. The fourth-order valence-electron chi connectivity index (χ4n) is 2.76. The Morgan fingerprint density at radius 1 is 0.667 bits per heavy atom. The van der Waals surface area contributed by atoms with Crippen LogP contribution in [0.1, 0.15) is 11.1 Å². The number of halogens is 10. The molecule has 0 saturated heterocycles. The van der Waals surface area contributed by atoms with Crippen LogP contribution >= 0.6 is 0 Å². The van der Waals surface area contributed by atoms with Crippen molar-refractivity contribution in [2.75, 3.05) is 0 Å². The zero-order valence-corrected chi connectivity index (χ0v) is 15.8. The average molecular weight is 478 g/mol. The molecule has 3 aromatic rings. The van der Waals surface area contributed by atoms with Crippen LogP contribution in [0.3, 0.4) is 0 Å². The second kappa shape index (κ2) is 8.69. The third kappa shape index (κ3) is 5.39. The Balaban J connectivity index is 1.97. The first-order chi connectivity index (χ1) is 15.3. The molecule has 0 amide bonds. The lowest BCUT2D eigenvalue weighted by Gasteiger charge is -2.20. The molecule has 0 atom stereocenters. The monoisotopic (exact) mass is 478 g/mol. The maximum Gasteiger partial charge on any atom is 0.458 e. The first-order valence-electron chi connectivity index (χ1n) is 8.68. The highest BCUT2D eigenvalue weighted by atomic mass is 19.4. The smallest absolute Gasteiger partial charge is 0.429 e. The first kappa shape index (κ1) is 24.0. The van der Waals surface area contributed by atoms with Crippen LogP contribution in [0.15, 0.2) is 48.5 Å². The van der Waals surface area contributed by atoms with Gasteiger partial charge in [-0.25, -0.2) is 22.0 Å². The largest absolute Gasteiger partial charge is 0.458 e. The van der Waals surface area contributed by atoms with Gasteiger partial charge in [0.1, 0.15) is 40.4 Å². The average Bonchev–Trinajstić information content (AvgIpc) is 2.65. The Bertz CT molecular complexity index is 1220. The summed E-state index contributed by atoms with van der Waals surface area (Å²) in [5.74, 6) is -7.67. The standard InChI is InChI=1S/C22H8F10O/c23-15-4-2-1-3-13(15)11-7-18(26)20(19(27)8-11)22(31,32)33-12-9-16(24)14(17(25)10-12)5-6-21(28,29)30/h1-4,7-10H. The molecule has 0 fully saturated rings. The fourth-order valence-corrected chi connectivity index (χ4v) is 2.76. The summed E-state index contributed by atoms with van der Waals surface area (Å²) >= 11 is 0. The molecule has 0 aromatic heterocycles. The summed E-state index contributed by atoms with van der Waals surface area (Å²) in [5.41, 5.74) is -4.02. The number of rotatable bonds is 4. The molecule has 0 bridgehead atoms. The minimum atomic E-state index is -5.08. The van der Waals surface area contributed by atoms with Crippen molar-refractivity contribution in [2.45, 2.75) is 12.3 Å². The van der Waals surface area contributed by atoms with Crippen molar-refractivity contribution < 1.29 is 48.6 Å². The highest BCUT2D eigenvalue weighted by Crippen LogP contribution is 2.38. The SMILES string of the molecule is Fc1ccccc1-c1cc(F)c(C(F)(F)Oc2cc(F)c(C#CC(F)(F)F)c(F)c2)c(F)c1. The van der Waals surface area contributed by atoms with E-state index < -0.39 is 63.8 Å². The van der Waals surface area contributed by atoms with Crippen molar-refractivity contribution >= 4 is 0 Å². The van der Waals surface area contributed by atoms with E-state index in [1.165, 1.54) is 18.1 Å². The second-order valence-corrected chi connectivity index (χ2v) is 6.42. The van der Waals surface area contributed by atoms with Gasteiger partial charge in [-0.15, -0.1) is 0 Å². The Labute approximate surface area is 179 Å². The lowest BCUT2D eigenvalue weighted by atomic mass is 10.0. The van der Waals surface area contributed by atoms with E-state index >= 15 is 0 Å². The molecule has 0 aliphatic heterocycles. The van der Waals surface area contributed by atoms with Gasteiger partial charge in [0.2, 0.25) is 0 Å². The van der Waals surface area contributed by atoms with Gasteiger partial charge in [-0.3, -0.25) is 0 Å². The molecule has 0 radical (unpaired) electrons. The van der Waals surface area contributed by atoms with E-state index in [4.69, 9.17) is 0 Å². The minimum absolute atomic E-state index is 0.0703. The molecule has 0 spiro atoms. The van der Waals surface area contributed by atoms with Gasteiger partial charge in [-0.2, -0.15) is 22.0 Å². The summed E-state index contributed by atoms with van der Waals surface area (Å²) < 4.78 is 140. The van der Waals surface area contributed by atoms with Crippen LogP contribution < -0.4 is 4.74 Å². The molecular formula is C22H8F10O. The predicted octanol–water partition coefficient (Wildman–Crippen LogP) is 7.09. The first-order valence-corrected chi connectivity index (χ1v) is 8.68. The fraction of sp³-hybridized carbons (Fsp3) is 0.0909. The van der Waals surface area contributed by atoms with Gasteiger partial charge in [-0.1, -0.05) is 24.1 Å². The summed E-state index contributed by atoms with van der Waals surface area (Å²) in [6, 6.07) is 5.71. The van der Waals surface area contributed by atoms with E-state index in [0.717, 1.165) is 12.1 Å². The summed E-state index contributed by atoms with van der Waals surface area (Å²) in [7, 11) is 0. The molecule has 0 heterocycles. The second-order valence-electron chi connectivity index (χ2n) is 6.42. The van der Waals surface area contributed by atoms with Gasteiger partial charge in [0.05, 0.1) is 5.56 Å². The van der Waals surface area contributed by atoms with Gasteiger partial charge in [0.15, 0.2) is 0 Å². The predicted molar refractivity (Wildman–Crippen MR) is 95.6 cm³/mol. The lowest BCUT2D eigenvalue weighted by Crippen LogP contribution is -2.25. The normalized spacial score (nSPS) is 11.7. The summed E-state index contributed by atoms with van der Waals surface area (Å²) in [4.78, 5) is 0. The number of hydrogen-bond donors (Lipinski definition) is 0. The highest BCUT2D eigenvalue weighted by molar-refractivity contribution is 5.65. The molecular weight excluding hydrogens is 470 g/mol. The van der Waals surface area contributed by atoms with Gasteiger partial charge in [-0.05, 0) is 23.8 Å². The van der Waals surface area contributed by atoms with E-state index in [1.807, 2.05) is 0 Å². The molecule has 0 N–H and O–H groups in total. The van der Waals surface area contributed by atoms with Gasteiger partial charge in [0, 0.05) is 23.6 Å². The van der Waals surface area contributed by atoms with E-state index in [1.54, 1.807) is 0 Å². The number of alkyl halides is 5. The molecule has 3 aromatic carbocycles. The summed E-state index contributed by atoms with van der Waals surface area (Å²) in [6.45, 7) is 0. The molecule has 33 heavy (non-hydrogen) atoms. The van der Waals surface area contributed by atoms with Crippen molar-refractivity contribution in [1.29, 1.82) is 0 Å². The van der Waals surface area contributed by atoms with Crippen LogP contribution in [0, 0.1) is 40.9 Å². The molecule has 0 saturated carbocycles. The topological polar surface area (TPSA) is 9.23 Å². The molecule has 0 aliphatic rings. The van der Waals surface area contributed by atoms with E-state index in [2.05, 4.69) is 4.74 Å². The molecule has 3 rings (SSSR count). The third-order valence-corrected chi connectivity index (χ3v) is 4.11. The Morgan fingerprint density at radius 2 is 1.21 bits per heavy atom. The van der Waals surface area contributed by atoms with Crippen molar-refractivity contribution in [3.05, 3.63) is 88.7 Å². The van der Waals surface area contributed by atoms with Gasteiger partial charge >= 0.3 is 12.3 Å². The zero-order chi connectivity index (χ0) is 24.6. The Kier molecular flexibility index (Phi) is 6.31. The van der Waals surface area contributed by atoms with E-state index in [9.17, 15) is 43.9 Å². The Morgan fingerprint density at radius 3 is 1.73 bits per heavy atom. The number of hydrogen-bond acceptors (Lipinski definition) is 1. The molecule has 0 aliphatic carbocycles. The molecule has 0 unspecified atom stereocenters. The lowest BCUT2D eigenvalue weighted by molar-refractivity contribution is -0.189. The molecule has 172 valence electrons. The quantitative estimate of drug-likeness (QED) is 0.287. The van der Waals surface area contributed by atoms with Crippen LogP contribution in [0.5, 0.6) is 5.75 Å². The highest BCUT2D eigenvalue weighted by Gasteiger charge is 2.41. The van der Waals surface area contributed by atoms with Crippen molar-refractivity contribution in [3.8, 4) is 28.7 Å². The summed E-state index contributed by atoms with van der Waals surface area (Å²) in [6.07, 6.45) is -9.90. The Hall–Kier alpha value is -3.68. The molecule has 11 heteroatoms. The maximum atomic E-state index is 14.4. The third-order valence-electron chi connectivity index (χ3n) is 4.11. The van der Waals surface area contributed by atoms with Crippen LogP contribution in [-0.2, 0) is 6.11 Å². The van der Waals surface area contributed by atoms with Crippen LogP contribution in [0.25, 0.3) is 11.1 Å². The van der Waals surface area contributed by atoms with Crippen LogP contribution in [-0.4, -0.2) is 6.18 Å². The van der Waals surface area contributed by atoms with Gasteiger partial charge in [0.25, 0.3) is 0 Å². The van der Waals surface area contributed by atoms with E-state index in [0.29, 0.717) is 18.1 Å². The van der Waals surface area contributed by atoms with Crippen LogP contribution in [0.4, 0.5) is 43.9 Å². The maximum absolute atomic E-state index is 14.4. The number of benzene rings is 3.